The smallest absolute Gasteiger partial charge is 0.122 e. The van der Waals surface area contributed by atoms with Crippen molar-refractivity contribution >= 4 is 0 Å². The zero-order chi connectivity index (χ0) is 14.4. The number of para-hydroxylation sites is 1. The first-order valence-electron chi connectivity index (χ1n) is 8.20. The van der Waals surface area contributed by atoms with E-state index in [0.29, 0.717) is 5.92 Å². The zero-order valence-electron chi connectivity index (χ0n) is 13.0. The van der Waals surface area contributed by atoms with Gasteiger partial charge in [-0.2, -0.15) is 0 Å². The standard InChI is InChI=1S/C18H29NO/c1-3-5-8-14(4-2)11-17(19)16-12-15-9-6-7-10-18(15)20-13-16/h6-7,9-10,14,16-17H,3-5,8,11-13,19H2,1-2H3. The molecule has 1 aromatic rings. The Morgan fingerprint density at radius 3 is 2.85 bits per heavy atom. The van der Waals surface area contributed by atoms with Crippen LogP contribution in [-0.2, 0) is 6.42 Å². The second-order valence-electron chi connectivity index (χ2n) is 6.20. The summed E-state index contributed by atoms with van der Waals surface area (Å²) in [5.74, 6) is 2.30. The lowest BCUT2D eigenvalue weighted by Crippen LogP contribution is -2.39. The van der Waals surface area contributed by atoms with Gasteiger partial charge in [0.1, 0.15) is 5.75 Å². The van der Waals surface area contributed by atoms with Crippen molar-refractivity contribution in [2.24, 2.45) is 17.6 Å². The van der Waals surface area contributed by atoms with Crippen molar-refractivity contribution < 1.29 is 4.74 Å². The number of nitrogens with two attached hydrogens (primary N) is 1. The fraction of sp³-hybridized carbons (Fsp3) is 0.667. The molecule has 0 amide bonds. The highest BCUT2D eigenvalue weighted by Crippen LogP contribution is 2.30. The van der Waals surface area contributed by atoms with Gasteiger partial charge in [0.2, 0.25) is 0 Å². The first kappa shape index (κ1) is 15.4. The number of hydrogen-bond acceptors (Lipinski definition) is 2. The molecule has 0 aliphatic carbocycles. The lowest BCUT2D eigenvalue weighted by molar-refractivity contribution is 0.184. The summed E-state index contributed by atoms with van der Waals surface area (Å²) in [4.78, 5) is 0. The van der Waals surface area contributed by atoms with Gasteiger partial charge in [0.15, 0.2) is 0 Å². The maximum absolute atomic E-state index is 6.47. The Labute approximate surface area is 123 Å². The number of hydrogen-bond donors (Lipinski definition) is 1. The van der Waals surface area contributed by atoms with E-state index >= 15 is 0 Å². The number of unbranched alkanes of at least 4 members (excludes halogenated alkanes) is 1. The van der Waals surface area contributed by atoms with Crippen molar-refractivity contribution in [2.75, 3.05) is 6.61 Å². The predicted molar refractivity (Wildman–Crippen MR) is 85.0 cm³/mol. The van der Waals surface area contributed by atoms with Crippen LogP contribution in [0.5, 0.6) is 5.75 Å². The van der Waals surface area contributed by atoms with Crippen molar-refractivity contribution in [1.82, 2.24) is 0 Å². The molecule has 3 atom stereocenters. The Bertz CT molecular complexity index is 404. The van der Waals surface area contributed by atoms with E-state index in [0.717, 1.165) is 31.1 Å². The van der Waals surface area contributed by atoms with E-state index in [1.807, 2.05) is 6.07 Å². The number of ether oxygens (including phenoxy) is 1. The lowest BCUT2D eigenvalue weighted by atomic mass is 9.83. The monoisotopic (exact) mass is 275 g/mol. The number of rotatable bonds is 7. The Hall–Kier alpha value is -1.02. The Balaban J connectivity index is 1.89. The minimum absolute atomic E-state index is 0.269. The van der Waals surface area contributed by atoms with E-state index in [1.54, 1.807) is 0 Å². The van der Waals surface area contributed by atoms with Crippen molar-refractivity contribution in [3.63, 3.8) is 0 Å². The minimum atomic E-state index is 0.269. The number of fused-ring (bicyclic) bond motifs is 1. The molecule has 1 aromatic carbocycles. The van der Waals surface area contributed by atoms with Crippen LogP contribution < -0.4 is 10.5 Å². The van der Waals surface area contributed by atoms with Crippen LogP contribution in [0.2, 0.25) is 0 Å². The van der Waals surface area contributed by atoms with Crippen molar-refractivity contribution in [3.8, 4) is 5.75 Å². The Morgan fingerprint density at radius 2 is 2.10 bits per heavy atom. The largest absolute Gasteiger partial charge is 0.493 e. The fourth-order valence-electron chi connectivity index (χ4n) is 3.19. The molecule has 2 rings (SSSR count). The second kappa shape index (κ2) is 7.68. The van der Waals surface area contributed by atoms with Crippen LogP contribution in [0, 0.1) is 11.8 Å². The highest BCUT2D eigenvalue weighted by Gasteiger charge is 2.26. The third-order valence-electron chi connectivity index (χ3n) is 4.66. The van der Waals surface area contributed by atoms with Gasteiger partial charge in [-0.05, 0) is 30.4 Å². The third kappa shape index (κ3) is 3.99. The first-order valence-corrected chi connectivity index (χ1v) is 8.20. The summed E-state index contributed by atoms with van der Waals surface area (Å²) in [6, 6.07) is 8.63. The summed E-state index contributed by atoms with van der Waals surface area (Å²) in [6.45, 7) is 5.33. The van der Waals surface area contributed by atoms with Crippen LogP contribution in [-0.4, -0.2) is 12.6 Å². The van der Waals surface area contributed by atoms with Gasteiger partial charge in [-0.25, -0.2) is 0 Å². The van der Waals surface area contributed by atoms with Gasteiger partial charge in [0.25, 0.3) is 0 Å². The van der Waals surface area contributed by atoms with Crippen LogP contribution in [0.3, 0.4) is 0 Å². The highest BCUT2D eigenvalue weighted by molar-refractivity contribution is 5.35. The summed E-state index contributed by atoms with van der Waals surface area (Å²) < 4.78 is 5.87. The normalized spacial score (nSPS) is 20.9. The van der Waals surface area contributed by atoms with E-state index in [1.165, 1.54) is 31.2 Å². The van der Waals surface area contributed by atoms with Gasteiger partial charge in [-0.15, -0.1) is 0 Å². The van der Waals surface area contributed by atoms with Crippen molar-refractivity contribution in [3.05, 3.63) is 29.8 Å². The maximum atomic E-state index is 6.47. The van der Waals surface area contributed by atoms with Crippen LogP contribution in [0.4, 0.5) is 0 Å². The molecule has 112 valence electrons. The highest BCUT2D eigenvalue weighted by atomic mass is 16.5. The van der Waals surface area contributed by atoms with Crippen molar-refractivity contribution in [1.29, 1.82) is 0 Å². The molecule has 0 bridgehead atoms. The van der Waals surface area contributed by atoms with Gasteiger partial charge in [0.05, 0.1) is 6.61 Å². The molecule has 1 aliphatic rings. The van der Waals surface area contributed by atoms with E-state index in [2.05, 4.69) is 32.0 Å². The molecule has 2 N–H and O–H groups in total. The van der Waals surface area contributed by atoms with E-state index in [-0.39, 0.29) is 6.04 Å². The molecular weight excluding hydrogens is 246 g/mol. The molecular formula is C18H29NO. The quantitative estimate of drug-likeness (QED) is 0.810. The van der Waals surface area contributed by atoms with Gasteiger partial charge < -0.3 is 10.5 Å². The zero-order valence-corrected chi connectivity index (χ0v) is 13.0. The van der Waals surface area contributed by atoms with Crippen molar-refractivity contribution in [2.45, 2.75) is 58.4 Å². The second-order valence-corrected chi connectivity index (χ2v) is 6.20. The fourth-order valence-corrected chi connectivity index (χ4v) is 3.19. The van der Waals surface area contributed by atoms with E-state index < -0.39 is 0 Å². The summed E-state index contributed by atoms with van der Waals surface area (Å²) in [5.41, 5.74) is 7.79. The summed E-state index contributed by atoms with van der Waals surface area (Å²) in [7, 11) is 0. The van der Waals surface area contributed by atoms with E-state index in [9.17, 15) is 0 Å². The molecule has 20 heavy (non-hydrogen) atoms. The molecule has 2 nitrogen and oxygen atoms in total. The van der Waals surface area contributed by atoms with Crippen LogP contribution in [0.15, 0.2) is 24.3 Å². The average molecular weight is 275 g/mol. The van der Waals surface area contributed by atoms with Gasteiger partial charge in [0, 0.05) is 12.0 Å². The topological polar surface area (TPSA) is 35.2 Å². The summed E-state index contributed by atoms with van der Waals surface area (Å²) in [5, 5.41) is 0. The predicted octanol–water partition coefficient (Wildman–Crippen LogP) is 4.17. The molecule has 0 fully saturated rings. The molecule has 2 heteroatoms. The number of benzene rings is 1. The summed E-state index contributed by atoms with van der Waals surface area (Å²) >= 11 is 0. The molecule has 0 saturated carbocycles. The summed E-state index contributed by atoms with van der Waals surface area (Å²) in [6.07, 6.45) is 7.40. The average Bonchev–Trinajstić information content (AvgIpc) is 2.50. The molecule has 3 unspecified atom stereocenters. The molecule has 1 aliphatic heterocycles. The van der Waals surface area contributed by atoms with Crippen LogP contribution >= 0.6 is 0 Å². The van der Waals surface area contributed by atoms with Crippen LogP contribution in [0.1, 0.15) is 51.5 Å². The van der Waals surface area contributed by atoms with Crippen LogP contribution in [0.25, 0.3) is 0 Å². The first-order chi connectivity index (χ1) is 9.74. The Kier molecular flexibility index (Phi) is 5.90. The molecule has 0 spiro atoms. The maximum Gasteiger partial charge on any atom is 0.122 e. The van der Waals surface area contributed by atoms with Gasteiger partial charge >= 0.3 is 0 Å². The Morgan fingerprint density at radius 1 is 1.30 bits per heavy atom. The van der Waals surface area contributed by atoms with Gasteiger partial charge in [-0.3, -0.25) is 0 Å². The van der Waals surface area contributed by atoms with Gasteiger partial charge in [-0.1, -0.05) is 57.7 Å². The minimum Gasteiger partial charge on any atom is -0.493 e. The molecule has 0 aromatic heterocycles. The third-order valence-corrected chi connectivity index (χ3v) is 4.66. The molecule has 0 saturated heterocycles. The SMILES string of the molecule is CCCCC(CC)CC(N)C1COc2ccccc2C1. The molecule has 0 radical (unpaired) electrons. The lowest BCUT2D eigenvalue weighted by Gasteiger charge is -2.31. The van der Waals surface area contributed by atoms with E-state index in [4.69, 9.17) is 10.5 Å². The molecule has 1 heterocycles.